The van der Waals surface area contributed by atoms with Gasteiger partial charge in [-0.3, -0.25) is 9.78 Å². The largest absolute Gasteiger partial charge is 0.486 e. The second-order valence-corrected chi connectivity index (χ2v) is 6.09. The third-order valence-electron chi connectivity index (χ3n) is 4.10. The van der Waals surface area contributed by atoms with Crippen LogP contribution >= 0.6 is 0 Å². The Hall–Kier alpha value is -4.05. The zero-order valence-electron chi connectivity index (χ0n) is 14.8. The van der Waals surface area contributed by atoms with E-state index in [9.17, 15) is 4.79 Å². The molecule has 0 radical (unpaired) electrons. The molecule has 0 aliphatic carbocycles. The lowest BCUT2D eigenvalue weighted by Crippen LogP contribution is -2.16. The highest BCUT2D eigenvalue weighted by atomic mass is 16.6. The van der Waals surface area contributed by atoms with Crippen molar-refractivity contribution in [2.24, 2.45) is 0 Å². The molecular formula is C21H16N4O3. The van der Waals surface area contributed by atoms with Gasteiger partial charge in [0.2, 0.25) is 0 Å². The van der Waals surface area contributed by atoms with Gasteiger partial charge in [0.25, 0.3) is 5.91 Å². The van der Waals surface area contributed by atoms with Crippen LogP contribution in [0.2, 0.25) is 0 Å². The smallest absolute Gasteiger partial charge is 0.257 e. The van der Waals surface area contributed by atoms with Crippen LogP contribution in [0.15, 0.2) is 60.9 Å². The van der Waals surface area contributed by atoms with Gasteiger partial charge in [-0.2, -0.15) is 5.26 Å². The molecule has 2 aromatic carbocycles. The number of benzene rings is 2. The van der Waals surface area contributed by atoms with Crippen LogP contribution < -0.4 is 20.1 Å². The second-order valence-electron chi connectivity index (χ2n) is 6.09. The van der Waals surface area contributed by atoms with Crippen LogP contribution in [0.4, 0.5) is 17.1 Å². The van der Waals surface area contributed by atoms with E-state index in [-0.39, 0.29) is 5.91 Å². The van der Waals surface area contributed by atoms with Gasteiger partial charge in [0.15, 0.2) is 11.5 Å². The minimum Gasteiger partial charge on any atom is -0.486 e. The molecule has 0 fully saturated rings. The van der Waals surface area contributed by atoms with E-state index in [2.05, 4.69) is 21.7 Å². The fraction of sp³-hybridized carbons (Fsp3) is 0.0952. The van der Waals surface area contributed by atoms with Crippen LogP contribution in [0, 0.1) is 11.3 Å². The number of aromatic nitrogens is 1. The predicted molar refractivity (Wildman–Crippen MR) is 104 cm³/mol. The van der Waals surface area contributed by atoms with Crippen molar-refractivity contribution in [1.29, 1.82) is 5.26 Å². The second kappa shape index (κ2) is 7.68. The summed E-state index contributed by atoms with van der Waals surface area (Å²) in [4.78, 5) is 16.7. The molecule has 0 spiro atoms. The first-order valence-corrected chi connectivity index (χ1v) is 8.64. The van der Waals surface area contributed by atoms with Crippen LogP contribution in [0.5, 0.6) is 11.5 Å². The first-order chi connectivity index (χ1) is 13.7. The highest BCUT2D eigenvalue weighted by Gasteiger charge is 2.14. The number of nitrogens with zero attached hydrogens (tertiary/aromatic N) is 2. The third kappa shape index (κ3) is 3.86. The van der Waals surface area contributed by atoms with Crippen LogP contribution in [-0.2, 0) is 0 Å². The Kier molecular flexibility index (Phi) is 4.76. The van der Waals surface area contributed by atoms with E-state index >= 15 is 0 Å². The number of fused-ring (bicyclic) bond motifs is 1. The predicted octanol–water partition coefficient (Wildman–Crippen LogP) is 3.72. The zero-order chi connectivity index (χ0) is 19.3. The summed E-state index contributed by atoms with van der Waals surface area (Å²) in [5, 5.41) is 14.9. The molecule has 0 atom stereocenters. The molecule has 7 heteroatoms. The number of carbonyl (C=O) groups excluding carboxylic acids is 1. The van der Waals surface area contributed by atoms with E-state index in [0.717, 1.165) is 5.69 Å². The van der Waals surface area contributed by atoms with Crippen molar-refractivity contribution in [2.75, 3.05) is 23.8 Å². The van der Waals surface area contributed by atoms with Gasteiger partial charge in [-0.25, -0.2) is 0 Å². The molecule has 1 amide bonds. The number of nitrogens with one attached hydrogen (secondary N) is 2. The number of ether oxygens (including phenoxy) is 2. The molecule has 1 aliphatic heterocycles. The maximum absolute atomic E-state index is 12.6. The lowest BCUT2D eigenvalue weighted by atomic mass is 10.2. The average molecular weight is 372 g/mol. The monoisotopic (exact) mass is 372 g/mol. The molecule has 0 unspecified atom stereocenters. The maximum atomic E-state index is 12.6. The van der Waals surface area contributed by atoms with Crippen LogP contribution in [0.25, 0.3) is 0 Å². The van der Waals surface area contributed by atoms with Crippen molar-refractivity contribution in [3.8, 4) is 17.6 Å². The lowest BCUT2D eigenvalue weighted by Gasteiger charge is -2.19. The normalized spacial score (nSPS) is 12.0. The Bertz CT molecular complexity index is 1060. The molecule has 138 valence electrons. The van der Waals surface area contributed by atoms with E-state index in [4.69, 9.17) is 14.7 Å². The molecule has 3 aromatic rings. The number of amides is 1. The average Bonchev–Trinajstić information content (AvgIpc) is 2.74. The van der Waals surface area contributed by atoms with E-state index in [0.29, 0.717) is 47.2 Å². The van der Waals surface area contributed by atoms with Gasteiger partial charge in [0, 0.05) is 23.6 Å². The van der Waals surface area contributed by atoms with Gasteiger partial charge in [-0.05, 0) is 42.5 Å². The van der Waals surface area contributed by atoms with E-state index in [1.807, 2.05) is 0 Å². The quantitative estimate of drug-likeness (QED) is 0.725. The van der Waals surface area contributed by atoms with Gasteiger partial charge in [0.05, 0.1) is 29.1 Å². The fourth-order valence-electron chi connectivity index (χ4n) is 2.75. The summed E-state index contributed by atoms with van der Waals surface area (Å²) in [6.45, 7) is 1.00. The summed E-state index contributed by atoms with van der Waals surface area (Å²) in [6.07, 6.45) is 3.12. The number of rotatable bonds is 4. The van der Waals surface area contributed by atoms with Crippen molar-refractivity contribution >= 4 is 23.0 Å². The Morgan fingerprint density at radius 3 is 2.46 bits per heavy atom. The first-order valence-electron chi connectivity index (χ1n) is 8.64. The molecule has 1 aromatic heterocycles. The summed E-state index contributed by atoms with van der Waals surface area (Å²) >= 11 is 0. The van der Waals surface area contributed by atoms with E-state index in [1.165, 1.54) is 6.20 Å². The fourth-order valence-corrected chi connectivity index (χ4v) is 2.75. The van der Waals surface area contributed by atoms with Crippen LogP contribution in [0.3, 0.4) is 0 Å². The van der Waals surface area contributed by atoms with Crippen molar-refractivity contribution in [1.82, 2.24) is 4.98 Å². The summed E-state index contributed by atoms with van der Waals surface area (Å²) in [5.74, 6) is 0.991. The van der Waals surface area contributed by atoms with Gasteiger partial charge in [-0.1, -0.05) is 0 Å². The molecule has 0 saturated carbocycles. The Labute approximate surface area is 161 Å². The van der Waals surface area contributed by atoms with Crippen molar-refractivity contribution in [2.45, 2.75) is 0 Å². The van der Waals surface area contributed by atoms with Gasteiger partial charge in [-0.15, -0.1) is 0 Å². The maximum Gasteiger partial charge on any atom is 0.257 e. The van der Waals surface area contributed by atoms with Crippen molar-refractivity contribution in [3.63, 3.8) is 0 Å². The molecule has 0 bridgehead atoms. The summed E-state index contributed by atoms with van der Waals surface area (Å²) < 4.78 is 11.0. The lowest BCUT2D eigenvalue weighted by molar-refractivity contribution is 0.102. The zero-order valence-corrected chi connectivity index (χ0v) is 14.8. The first kappa shape index (κ1) is 17.4. The van der Waals surface area contributed by atoms with Crippen LogP contribution in [0.1, 0.15) is 15.9 Å². The number of hydrogen-bond acceptors (Lipinski definition) is 6. The van der Waals surface area contributed by atoms with Gasteiger partial charge >= 0.3 is 0 Å². The third-order valence-corrected chi connectivity index (χ3v) is 4.10. The highest BCUT2D eigenvalue weighted by Crippen LogP contribution is 2.32. The van der Waals surface area contributed by atoms with Crippen molar-refractivity contribution < 1.29 is 14.3 Å². The molecular weight excluding hydrogens is 356 g/mol. The SMILES string of the molecule is N#Cc1ccc(Nc2cncc(C(=O)Nc3ccc4c(c3)OCCO4)c2)cc1. The standard InChI is InChI=1S/C21H16N4O3/c22-11-14-1-3-16(4-2-14)24-18-9-15(12-23-13-18)21(26)25-17-5-6-19-20(10-17)28-8-7-27-19/h1-6,9-10,12-13,24H,7-8H2,(H,25,26). The number of anilines is 3. The minimum atomic E-state index is -0.285. The molecule has 1 aliphatic rings. The summed E-state index contributed by atoms with van der Waals surface area (Å²) in [6, 6.07) is 16.1. The Morgan fingerprint density at radius 2 is 1.68 bits per heavy atom. The molecule has 7 nitrogen and oxygen atoms in total. The van der Waals surface area contributed by atoms with Gasteiger partial charge < -0.3 is 20.1 Å². The minimum absolute atomic E-state index is 0.285. The van der Waals surface area contributed by atoms with E-state index in [1.54, 1.807) is 54.7 Å². The number of hydrogen-bond donors (Lipinski definition) is 2. The summed E-state index contributed by atoms with van der Waals surface area (Å²) in [5.41, 5.74) is 3.06. The highest BCUT2D eigenvalue weighted by molar-refractivity contribution is 6.04. The molecule has 4 rings (SSSR count). The Balaban J connectivity index is 1.47. The van der Waals surface area contributed by atoms with Gasteiger partial charge in [0.1, 0.15) is 13.2 Å². The topological polar surface area (TPSA) is 96.3 Å². The number of carbonyl (C=O) groups is 1. The van der Waals surface area contributed by atoms with Crippen LogP contribution in [-0.4, -0.2) is 24.1 Å². The molecule has 2 N–H and O–H groups in total. The molecule has 0 saturated heterocycles. The molecule has 2 heterocycles. The number of nitriles is 1. The Morgan fingerprint density at radius 1 is 0.929 bits per heavy atom. The van der Waals surface area contributed by atoms with Crippen molar-refractivity contribution in [3.05, 3.63) is 72.1 Å². The summed E-state index contributed by atoms with van der Waals surface area (Å²) in [7, 11) is 0. The van der Waals surface area contributed by atoms with E-state index < -0.39 is 0 Å². The number of pyridine rings is 1. The molecule has 28 heavy (non-hydrogen) atoms.